The fourth-order valence-electron chi connectivity index (χ4n) is 5.72. The van der Waals surface area contributed by atoms with Gasteiger partial charge in [-0.05, 0) is 87.5 Å². The molecule has 200 valence electrons. The fourth-order valence-corrected chi connectivity index (χ4v) is 6.77. The fraction of sp³-hybridized carbons (Fsp3) is 0.571. The Balaban J connectivity index is 1.28. The first-order valence-electron chi connectivity index (χ1n) is 13.5. The van der Waals surface area contributed by atoms with E-state index in [1.165, 1.54) is 30.8 Å². The van der Waals surface area contributed by atoms with E-state index in [2.05, 4.69) is 41.2 Å². The molecule has 0 aliphatic carbocycles. The van der Waals surface area contributed by atoms with Crippen molar-refractivity contribution in [1.82, 2.24) is 14.8 Å². The van der Waals surface area contributed by atoms with Crippen LogP contribution in [0.1, 0.15) is 50.6 Å². The average molecular weight is 525 g/mol. The lowest BCUT2D eigenvalue weighted by Gasteiger charge is -2.44. The number of nitrogen functional groups attached to an aromatic ring is 1. The summed E-state index contributed by atoms with van der Waals surface area (Å²) in [5, 5.41) is 22.9. The number of thioether (sulfide) groups is 1. The van der Waals surface area contributed by atoms with E-state index in [9.17, 15) is 10.2 Å². The Morgan fingerprint density at radius 2 is 1.97 bits per heavy atom. The monoisotopic (exact) mass is 524 g/mol. The molecule has 2 fully saturated rings. The molecule has 37 heavy (non-hydrogen) atoms. The maximum Gasteiger partial charge on any atom is 0.166 e. The molecule has 2 saturated heterocycles. The Morgan fingerprint density at radius 1 is 1.16 bits per heavy atom. The summed E-state index contributed by atoms with van der Waals surface area (Å²) < 4.78 is 0. The van der Waals surface area contributed by atoms with Crippen LogP contribution in [0.3, 0.4) is 0 Å². The average Bonchev–Trinajstić information content (AvgIpc) is 3.44. The molecular weight excluding hydrogens is 484 g/mol. The van der Waals surface area contributed by atoms with Crippen molar-refractivity contribution in [3.05, 3.63) is 42.1 Å². The minimum absolute atomic E-state index is 0.0113. The summed E-state index contributed by atoms with van der Waals surface area (Å²) in [4.78, 5) is 16.4. The summed E-state index contributed by atoms with van der Waals surface area (Å²) in [5.74, 6) is 0.854. The first-order valence-corrected chi connectivity index (χ1v) is 14.4. The Morgan fingerprint density at radius 3 is 2.73 bits per heavy atom. The zero-order valence-corrected chi connectivity index (χ0v) is 22.7. The van der Waals surface area contributed by atoms with Crippen LogP contribution in [0.15, 0.2) is 46.4 Å². The van der Waals surface area contributed by atoms with Crippen LogP contribution in [0, 0.1) is 5.92 Å². The Labute approximate surface area is 224 Å². The third kappa shape index (κ3) is 6.12. The number of nitrogens with zero attached hydrogens (tertiary/aromatic N) is 5. The van der Waals surface area contributed by atoms with E-state index in [0.717, 1.165) is 37.1 Å². The molecule has 2 aromatic rings. The number of nitrogens with two attached hydrogens (primary N) is 1. The van der Waals surface area contributed by atoms with Gasteiger partial charge < -0.3 is 25.7 Å². The van der Waals surface area contributed by atoms with Crippen molar-refractivity contribution >= 4 is 35.2 Å². The first-order chi connectivity index (χ1) is 17.9. The van der Waals surface area contributed by atoms with Crippen molar-refractivity contribution in [2.45, 2.75) is 67.7 Å². The zero-order chi connectivity index (χ0) is 25.9. The number of aromatic nitrogens is 1. The molecule has 8 nitrogen and oxygen atoms in total. The Bertz CT molecular complexity index is 1080. The number of rotatable bonds is 8. The lowest BCUT2D eigenvalue weighted by Crippen LogP contribution is -2.54. The maximum absolute atomic E-state index is 11.4. The predicted octanol–water partition coefficient (Wildman–Crippen LogP) is 3.87. The van der Waals surface area contributed by atoms with Crippen molar-refractivity contribution < 1.29 is 10.2 Å². The molecule has 1 aromatic heterocycles. The molecule has 0 spiro atoms. The largest absolute Gasteiger partial charge is 0.384 e. The second kappa shape index (κ2) is 11.7. The van der Waals surface area contributed by atoms with Crippen LogP contribution in [-0.2, 0) is 0 Å². The number of likely N-dealkylation sites (tertiary alicyclic amines) is 2. The van der Waals surface area contributed by atoms with Gasteiger partial charge in [0.25, 0.3) is 0 Å². The lowest BCUT2D eigenvalue weighted by atomic mass is 9.89. The van der Waals surface area contributed by atoms with Gasteiger partial charge >= 0.3 is 0 Å². The standard InChI is InChI=1S/C28H40N6O2S/c1-19-5-8-24(34(18-19)28(36)27(35)32(2)21-7-10-26(29)31-16-21)20-6-9-25-23(15-20)30-17-22(37-25)11-14-33-12-3-4-13-33/h6-7,9-10,15-17,19,22,24,27-28,35-36H,3-5,8,11-14,18H2,1-2H3,(H2,29,31)/t19-,22?,24+,27?,28?/m0/s1. The number of benzene rings is 1. The van der Waals surface area contributed by atoms with Crippen LogP contribution in [0.4, 0.5) is 17.2 Å². The summed E-state index contributed by atoms with van der Waals surface area (Å²) in [7, 11) is 1.76. The first kappa shape index (κ1) is 26.4. The molecule has 3 aliphatic rings. The van der Waals surface area contributed by atoms with Crippen LogP contribution in [0.2, 0.25) is 0 Å². The van der Waals surface area contributed by atoms with E-state index >= 15 is 0 Å². The van der Waals surface area contributed by atoms with Gasteiger partial charge in [-0.2, -0.15) is 0 Å². The Hall–Kier alpha value is -2.17. The molecule has 5 rings (SSSR count). The zero-order valence-electron chi connectivity index (χ0n) is 21.9. The molecule has 1 aromatic carbocycles. The highest BCUT2D eigenvalue weighted by Crippen LogP contribution is 2.42. The minimum Gasteiger partial charge on any atom is -0.384 e. The minimum atomic E-state index is -1.11. The molecule has 3 aliphatic heterocycles. The van der Waals surface area contributed by atoms with E-state index in [4.69, 9.17) is 10.7 Å². The van der Waals surface area contributed by atoms with Gasteiger partial charge in [-0.15, -0.1) is 11.8 Å². The number of hydrogen-bond acceptors (Lipinski definition) is 9. The van der Waals surface area contributed by atoms with E-state index in [0.29, 0.717) is 29.2 Å². The van der Waals surface area contributed by atoms with Crippen molar-refractivity contribution in [3.63, 3.8) is 0 Å². The molecule has 5 atom stereocenters. The van der Waals surface area contributed by atoms with Crippen molar-refractivity contribution in [2.24, 2.45) is 10.9 Å². The smallest absolute Gasteiger partial charge is 0.166 e. The molecule has 0 saturated carbocycles. The molecule has 0 bridgehead atoms. The summed E-state index contributed by atoms with van der Waals surface area (Å²) in [6.07, 6.45) is 7.34. The molecule has 4 heterocycles. The van der Waals surface area contributed by atoms with E-state index in [1.807, 2.05) is 16.7 Å². The number of anilines is 2. The van der Waals surface area contributed by atoms with Crippen molar-refractivity contribution in [3.8, 4) is 0 Å². The number of likely N-dealkylation sites (N-methyl/N-ethyl adjacent to an activating group) is 1. The van der Waals surface area contributed by atoms with Crippen molar-refractivity contribution in [2.75, 3.05) is 43.9 Å². The normalized spacial score (nSPS) is 26.1. The summed E-state index contributed by atoms with van der Waals surface area (Å²) in [5.41, 5.74) is 8.56. The molecular formula is C28H40N6O2S. The van der Waals surface area contributed by atoms with E-state index < -0.39 is 12.5 Å². The quantitative estimate of drug-likeness (QED) is 0.448. The second-order valence-corrected chi connectivity index (χ2v) is 12.1. The summed E-state index contributed by atoms with van der Waals surface area (Å²) in [6.45, 7) is 6.53. The highest BCUT2D eigenvalue weighted by Gasteiger charge is 2.37. The van der Waals surface area contributed by atoms with Gasteiger partial charge in [0.1, 0.15) is 5.82 Å². The van der Waals surface area contributed by atoms with Crippen LogP contribution in [-0.4, -0.2) is 82.1 Å². The number of pyridine rings is 1. The van der Waals surface area contributed by atoms with Crippen LogP contribution >= 0.6 is 11.8 Å². The van der Waals surface area contributed by atoms with Crippen LogP contribution in [0.25, 0.3) is 0 Å². The molecule has 0 amide bonds. The maximum atomic E-state index is 11.4. The number of aliphatic hydroxyl groups excluding tert-OH is 2. The van der Waals surface area contributed by atoms with Gasteiger partial charge in [0.05, 0.1) is 17.6 Å². The third-order valence-corrected chi connectivity index (χ3v) is 9.25. The lowest BCUT2D eigenvalue weighted by molar-refractivity contribution is -0.117. The Kier molecular flexibility index (Phi) is 8.36. The van der Waals surface area contributed by atoms with Gasteiger partial charge in [-0.1, -0.05) is 13.0 Å². The number of piperidine rings is 1. The van der Waals surface area contributed by atoms with Gasteiger partial charge in [0.2, 0.25) is 0 Å². The van der Waals surface area contributed by atoms with Gasteiger partial charge in [-0.25, -0.2) is 4.98 Å². The van der Waals surface area contributed by atoms with Crippen LogP contribution < -0.4 is 10.6 Å². The number of hydrogen-bond donors (Lipinski definition) is 3. The van der Waals surface area contributed by atoms with Crippen molar-refractivity contribution in [1.29, 1.82) is 0 Å². The summed E-state index contributed by atoms with van der Waals surface area (Å²) in [6, 6.07) is 10.1. The van der Waals surface area contributed by atoms with Gasteiger partial charge in [0.15, 0.2) is 12.5 Å². The van der Waals surface area contributed by atoms with Gasteiger partial charge in [0, 0.05) is 36.0 Å². The number of aliphatic imine (C=N–C) groups is 1. The van der Waals surface area contributed by atoms with Crippen LogP contribution in [0.5, 0.6) is 0 Å². The molecule has 3 unspecified atom stereocenters. The van der Waals surface area contributed by atoms with E-state index in [-0.39, 0.29) is 6.04 Å². The number of aliphatic hydroxyl groups is 2. The van der Waals surface area contributed by atoms with Gasteiger partial charge in [-0.3, -0.25) is 9.89 Å². The molecule has 4 N–H and O–H groups in total. The summed E-state index contributed by atoms with van der Waals surface area (Å²) >= 11 is 1.91. The number of fused-ring (bicyclic) bond motifs is 1. The highest BCUT2D eigenvalue weighted by molar-refractivity contribution is 8.00. The topological polar surface area (TPSA) is 101 Å². The third-order valence-electron chi connectivity index (χ3n) is 7.99. The SMILES string of the molecule is C[C@H]1CC[C@H](c2ccc3c(c2)N=CC(CCN2CCCC2)S3)N(C(O)C(O)N(C)c2ccc(N)nc2)C1. The van der Waals surface area contributed by atoms with E-state index in [1.54, 1.807) is 30.3 Å². The second-order valence-electron chi connectivity index (χ2n) is 10.8. The molecule has 0 radical (unpaired) electrons. The molecule has 9 heteroatoms. The highest BCUT2D eigenvalue weighted by atomic mass is 32.2. The predicted molar refractivity (Wildman–Crippen MR) is 151 cm³/mol.